The zero-order valence-electron chi connectivity index (χ0n) is 12.2. The number of rotatable bonds is 6. The van der Waals surface area contributed by atoms with E-state index in [-0.39, 0.29) is 5.78 Å². The van der Waals surface area contributed by atoms with Crippen molar-refractivity contribution >= 4 is 5.78 Å². The second-order valence-corrected chi connectivity index (χ2v) is 5.36. The van der Waals surface area contributed by atoms with Crippen molar-refractivity contribution < 1.29 is 14.7 Å². The van der Waals surface area contributed by atoms with Gasteiger partial charge in [0, 0.05) is 5.56 Å². The third kappa shape index (κ3) is 3.90. The highest BCUT2D eigenvalue weighted by Gasteiger charge is 2.27. The van der Waals surface area contributed by atoms with Crippen LogP contribution < -0.4 is 10.2 Å². The number of ketones is 1. The van der Waals surface area contributed by atoms with Crippen LogP contribution in [0.1, 0.15) is 29.8 Å². The number of hydrogen-bond donors (Lipinski definition) is 2. The van der Waals surface area contributed by atoms with Crippen LogP contribution >= 0.6 is 0 Å². The van der Waals surface area contributed by atoms with Gasteiger partial charge in [-0.2, -0.15) is 5.48 Å². The summed E-state index contributed by atoms with van der Waals surface area (Å²) in [5.74, 6) is 0.518. The first-order valence-corrected chi connectivity index (χ1v) is 6.76. The number of Topliss-reactive ketones (excluding diaryl/α,β-unsaturated/α-hetero) is 1. The molecule has 0 saturated carbocycles. The van der Waals surface area contributed by atoms with Crippen LogP contribution in [-0.2, 0) is 6.61 Å². The SMILES string of the molecule is CC(C)(NO)C(=O)c1ccc(OCc2ccccc2)cc1. The van der Waals surface area contributed by atoms with Crippen LogP contribution in [0, 0.1) is 0 Å². The largest absolute Gasteiger partial charge is 0.489 e. The van der Waals surface area contributed by atoms with Gasteiger partial charge in [0.25, 0.3) is 0 Å². The Morgan fingerprint density at radius 2 is 1.71 bits per heavy atom. The highest BCUT2D eigenvalue weighted by molar-refractivity contribution is 6.02. The van der Waals surface area contributed by atoms with Crippen molar-refractivity contribution in [3.63, 3.8) is 0 Å². The molecule has 0 bridgehead atoms. The summed E-state index contributed by atoms with van der Waals surface area (Å²) in [5, 5.41) is 9.00. The molecule has 2 aromatic carbocycles. The lowest BCUT2D eigenvalue weighted by atomic mass is 9.94. The van der Waals surface area contributed by atoms with Gasteiger partial charge in [0.15, 0.2) is 5.78 Å². The van der Waals surface area contributed by atoms with Gasteiger partial charge in [-0.3, -0.25) is 4.79 Å². The summed E-state index contributed by atoms with van der Waals surface area (Å²) >= 11 is 0. The molecule has 2 aromatic rings. The maximum atomic E-state index is 12.1. The molecule has 2 N–H and O–H groups in total. The zero-order chi connectivity index (χ0) is 15.3. The number of carbonyl (C=O) groups excluding carboxylic acids is 1. The van der Waals surface area contributed by atoms with Crippen molar-refractivity contribution in [2.75, 3.05) is 0 Å². The van der Waals surface area contributed by atoms with E-state index in [0.29, 0.717) is 17.9 Å². The van der Waals surface area contributed by atoms with E-state index in [0.717, 1.165) is 5.56 Å². The highest BCUT2D eigenvalue weighted by Crippen LogP contribution is 2.18. The Balaban J connectivity index is 2.01. The Bertz CT molecular complexity index is 591. The molecule has 0 fully saturated rings. The van der Waals surface area contributed by atoms with E-state index in [4.69, 9.17) is 9.94 Å². The van der Waals surface area contributed by atoms with E-state index in [2.05, 4.69) is 0 Å². The average molecular weight is 285 g/mol. The van der Waals surface area contributed by atoms with Gasteiger partial charge in [0.2, 0.25) is 0 Å². The molecule has 0 unspecified atom stereocenters. The first kappa shape index (κ1) is 15.2. The van der Waals surface area contributed by atoms with E-state index in [1.807, 2.05) is 35.8 Å². The Hall–Kier alpha value is -2.17. The molecule has 0 spiro atoms. The number of benzene rings is 2. The van der Waals surface area contributed by atoms with Crippen molar-refractivity contribution in [1.82, 2.24) is 5.48 Å². The molecule has 0 saturated heterocycles. The molecule has 4 nitrogen and oxygen atoms in total. The normalized spacial score (nSPS) is 11.2. The van der Waals surface area contributed by atoms with Gasteiger partial charge in [-0.1, -0.05) is 30.3 Å². The van der Waals surface area contributed by atoms with Crippen molar-refractivity contribution in [1.29, 1.82) is 0 Å². The Kier molecular flexibility index (Phi) is 4.73. The predicted octanol–water partition coefficient (Wildman–Crippen LogP) is 3.21. The van der Waals surface area contributed by atoms with Crippen molar-refractivity contribution in [3.05, 3.63) is 65.7 Å². The highest BCUT2D eigenvalue weighted by atomic mass is 16.5. The summed E-state index contributed by atoms with van der Waals surface area (Å²) < 4.78 is 5.66. The van der Waals surface area contributed by atoms with Crippen LogP contribution in [0.4, 0.5) is 0 Å². The first-order chi connectivity index (χ1) is 10.0. The quantitative estimate of drug-likeness (QED) is 0.632. The molecule has 0 heterocycles. The van der Waals surface area contributed by atoms with Crippen LogP contribution in [0.2, 0.25) is 0 Å². The standard InChI is InChI=1S/C17H19NO3/c1-17(2,18-20)16(19)14-8-10-15(11-9-14)21-12-13-6-4-3-5-7-13/h3-11,18,20H,12H2,1-2H3. The fourth-order valence-electron chi connectivity index (χ4n) is 1.86. The zero-order valence-corrected chi connectivity index (χ0v) is 12.2. The van der Waals surface area contributed by atoms with E-state index in [9.17, 15) is 4.79 Å². The molecule has 0 radical (unpaired) electrons. The topological polar surface area (TPSA) is 58.6 Å². The van der Waals surface area contributed by atoms with Crippen LogP contribution in [0.5, 0.6) is 5.75 Å². The van der Waals surface area contributed by atoms with Gasteiger partial charge in [0.05, 0.1) is 0 Å². The third-order valence-electron chi connectivity index (χ3n) is 3.21. The van der Waals surface area contributed by atoms with Crippen LogP contribution in [0.3, 0.4) is 0 Å². The van der Waals surface area contributed by atoms with E-state index in [1.165, 1.54) is 0 Å². The van der Waals surface area contributed by atoms with Crippen molar-refractivity contribution in [2.24, 2.45) is 0 Å². The maximum Gasteiger partial charge on any atom is 0.184 e. The minimum Gasteiger partial charge on any atom is -0.489 e. The Morgan fingerprint density at radius 3 is 2.29 bits per heavy atom. The number of hydroxylamine groups is 1. The third-order valence-corrected chi connectivity index (χ3v) is 3.21. The summed E-state index contributed by atoms with van der Waals surface area (Å²) in [4.78, 5) is 12.1. The smallest absolute Gasteiger partial charge is 0.184 e. The second kappa shape index (κ2) is 6.52. The summed E-state index contributed by atoms with van der Waals surface area (Å²) in [5.41, 5.74) is 2.62. The fourth-order valence-corrected chi connectivity index (χ4v) is 1.86. The Morgan fingerprint density at radius 1 is 1.10 bits per heavy atom. The van der Waals surface area contributed by atoms with Gasteiger partial charge < -0.3 is 9.94 Å². The minimum absolute atomic E-state index is 0.181. The van der Waals surface area contributed by atoms with Crippen LogP contribution in [-0.4, -0.2) is 16.5 Å². The molecule has 0 aliphatic carbocycles. The van der Waals surface area contributed by atoms with Gasteiger partial charge in [0.1, 0.15) is 17.9 Å². The van der Waals surface area contributed by atoms with E-state index in [1.54, 1.807) is 38.1 Å². The molecular formula is C17H19NO3. The van der Waals surface area contributed by atoms with Gasteiger partial charge >= 0.3 is 0 Å². The lowest BCUT2D eigenvalue weighted by Crippen LogP contribution is -2.44. The molecule has 0 aliphatic rings. The molecule has 0 aliphatic heterocycles. The van der Waals surface area contributed by atoms with E-state index < -0.39 is 5.54 Å². The molecule has 0 amide bonds. The minimum atomic E-state index is -1.01. The molecular weight excluding hydrogens is 266 g/mol. The molecule has 21 heavy (non-hydrogen) atoms. The summed E-state index contributed by atoms with van der Waals surface area (Å²) in [6, 6.07) is 16.8. The second-order valence-electron chi connectivity index (χ2n) is 5.36. The number of carbonyl (C=O) groups is 1. The molecule has 4 heteroatoms. The summed E-state index contributed by atoms with van der Waals surface area (Å²) in [7, 11) is 0. The van der Waals surface area contributed by atoms with Gasteiger partial charge in [-0.25, -0.2) is 0 Å². The first-order valence-electron chi connectivity index (χ1n) is 6.76. The lowest BCUT2D eigenvalue weighted by molar-refractivity contribution is 0.0569. The monoisotopic (exact) mass is 285 g/mol. The van der Waals surface area contributed by atoms with E-state index >= 15 is 0 Å². The molecule has 0 aromatic heterocycles. The number of hydrogen-bond acceptors (Lipinski definition) is 4. The van der Waals surface area contributed by atoms with Crippen LogP contribution in [0.25, 0.3) is 0 Å². The molecule has 110 valence electrons. The maximum absolute atomic E-state index is 12.1. The fraction of sp³-hybridized carbons (Fsp3) is 0.235. The van der Waals surface area contributed by atoms with Crippen LogP contribution in [0.15, 0.2) is 54.6 Å². The lowest BCUT2D eigenvalue weighted by Gasteiger charge is -2.20. The Labute approximate surface area is 124 Å². The summed E-state index contributed by atoms with van der Waals surface area (Å²) in [6.07, 6.45) is 0. The van der Waals surface area contributed by atoms with Gasteiger partial charge in [-0.05, 0) is 43.7 Å². The number of ether oxygens (including phenoxy) is 1. The molecule has 0 atom stereocenters. The molecule has 2 rings (SSSR count). The van der Waals surface area contributed by atoms with Gasteiger partial charge in [-0.15, -0.1) is 0 Å². The average Bonchev–Trinajstić information content (AvgIpc) is 2.53. The summed E-state index contributed by atoms with van der Waals surface area (Å²) in [6.45, 7) is 3.72. The predicted molar refractivity (Wildman–Crippen MR) is 80.5 cm³/mol. The van der Waals surface area contributed by atoms with Crippen molar-refractivity contribution in [2.45, 2.75) is 26.0 Å². The van der Waals surface area contributed by atoms with Crippen molar-refractivity contribution in [3.8, 4) is 5.75 Å². The number of nitrogens with one attached hydrogen (secondary N) is 1.